The van der Waals surface area contributed by atoms with Gasteiger partial charge in [-0.2, -0.15) is 13.2 Å². The molecule has 20 heavy (non-hydrogen) atoms. The molecule has 1 N–H and O–H groups in total. The molecule has 0 aliphatic heterocycles. The van der Waals surface area contributed by atoms with Crippen LogP contribution in [0.25, 0.3) is 0 Å². The number of halogens is 3. The van der Waals surface area contributed by atoms with Gasteiger partial charge in [-0.15, -0.1) is 0 Å². The second-order valence-corrected chi connectivity index (χ2v) is 4.97. The van der Waals surface area contributed by atoms with Crippen LogP contribution in [0.4, 0.5) is 13.2 Å². The molecule has 0 spiro atoms. The van der Waals surface area contributed by atoms with Crippen molar-refractivity contribution in [2.75, 3.05) is 6.54 Å². The van der Waals surface area contributed by atoms with Gasteiger partial charge in [-0.1, -0.05) is 6.58 Å². The van der Waals surface area contributed by atoms with Gasteiger partial charge in [0.1, 0.15) is 12.6 Å². The summed E-state index contributed by atoms with van der Waals surface area (Å²) in [4.78, 5) is 22.6. The van der Waals surface area contributed by atoms with E-state index in [2.05, 4.69) is 11.9 Å². The van der Waals surface area contributed by atoms with Gasteiger partial charge in [0.2, 0.25) is 5.91 Å². The first kappa shape index (κ1) is 16.5. The normalized spacial score (nSPS) is 23.0. The third-order valence-corrected chi connectivity index (χ3v) is 3.22. The van der Waals surface area contributed by atoms with Crippen molar-refractivity contribution in [3.05, 3.63) is 12.2 Å². The van der Waals surface area contributed by atoms with Crippen LogP contribution in [0.3, 0.4) is 0 Å². The predicted octanol–water partition coefficient (Wildman–Crippen LogP) is 2.34. The van der Waals surface area contributed by atoms with Gasteiger partial charge in [0, 0.05) is 5.57 Å². The molecule has 0 unspecified atom stereocenters. The molecule has 1 fully saturated rings. The van der Waals surface area contributed by atoms with Crippen LogP contribution < -0.4 is 5.32 Å². The molecule has 1 saturated carbocycles. The van der Waals surface area contributed by atoms with Gasteiger partial charge in [0.05, 0.1) is 5.92 Å². The lowest BCUT2D eigenvalue weighted by atomic mass is 9.87. The maximum absolute atomic E-state index is 12.5. The summed E-state index contributed by atoms with van der Waals surface area (Å²) in [6, 6.07) is 0. The lowest BCUT2D eigenvalue weighted by molar-refractivity contribution is -0.188. The maximum Gasteiger partial charge on any atom is 0.391 e. The minimum atomic E-state index is -4.18. The lowest BCUT2D eigenvalue weighted by Crippen LogP contribution is -2.35. The lowest BCUT2D eigenvalue weighted by Gasteiger charge is -2.29. The Bertz CT molecular complexity index is 385. The average Bonchev–Trinajstić information content (AvgIpc) is 2.35. The molecule has 0 aromatic rings. The zero-order valence-electron chi connectivity index (χ0n) is 11.3. The summed E-state index contributed by atoms with van der Waals surface area (Å²) < 4.78 is 42.4. The molecule has 114 valence electrons. The van der Waals surface area contributed by atoms with Crippen molar-refractivity contribution in [2.24, 2.45) is 5.92 Å². The largest absolute Gasteiger partial charge is 0.461 e. The Morgan fingerprint density at radius 3 is 2.25 bits per heavy atom. The van der Waals surface area contributed by atoms with E-state index in [1.165, 1.54) is 6.92 Å². The van der Waals surface area contributed by atoms with E-state index in [4.69, 9.17) is 4.74 Å². The van der Waals surface area contributed by atoms with Crippen LogP contribution in [0.15, 0.2) is 12.2 Å². The third-order valence-electron chi connectivity index (χ3n) is 3.22. The third kappa shape index (κ3) is 5.22. The molecule has 0 heterocycles. The molecule has 0 radical (unpaired) electrons. The van der Waals surface area contributed by atoms with Crippen molar-refractivity contribution in [3.63, 3.8) is 0 Å². The molecule has 0 aromatic carbocycles. The SMILES string of the molecule is C=C(C)C(=O)NCC(=O)OC1CCC(C(F)(F)F)CC1. The number of hydrogen-bond acceptors (Lipinski definition) is 3. The highest BCUT2D eigenvalue weighted by molar-refractivity contribution is 5.94. The van der Waals surface area contributed by atoms with Crippen LogP contribution in [0.1, 0.15) is 32.6 Å². The predicted molar refractivity (Wildman–Crippen MR) is 65.7 cm³/mol. The van der Waals surface area contributed by atoms with E-state index >= 15 is 0 Å². The fraction of sp³-hybridized carbons (Fsp3) is 0.692. The van der Waals surface area contributed by atoms with E-state index in [0.717, 1.165) is 0 Å². The van der Waals surface area contributed by atoms with E-state index in [9.17, 15) is 22.8 Å². The number of hydrogen-bond donors (Lipinski definition) is 1. The van der Waals surface area contributed by atoms with E-state index in [1.54, 1.807) is 0 Å². The van der Waals surface area contributed by atoms with Crippen LogP contribution in [-0.2, 0) is 14.3 Å². The van der Waals surface area contributed by atoms with E-state index in [1.807, 2.05) is 0 Å². The number of alkyl halides is 3. The van der Waals surface area contributed by atoms with E-state index in [0.29, 0.717) is 0 Å². The molecule has 0 atom stereocenters. The number of carbonyl (C=O) groups is 2. The number of esters is 1. The van der Waals surface area contributed by atoms with Gasteiger partial charge in [0.15, 0.2) is 0 Å². The van der Waals surface area contributed by atoms with Crippen LogP contribution in [0, 0.1) is 5.92 Å². The molecule has 1 aliphatic rings. The summed E-state index contributed by atoms with van der Waals surface area (Å²) in [7, 11) is 0. The monoisotopic (exact) mass is 293 g/mol. The molecule has 0 saturated heterocycles. The quantitative estimate of drug-likeness (QED) is 0.639. The fourth-order valence-electron chi connectivity index (χ4n) is 2.04. The second kappa shape index (κ2) is 6.76. The zero-order valence-corrected chi connectivity index (χ0v) is 11.3. The fourth-order valence-corrected chi connectivity index (χ4v) is 2.04. The standard InChI is InChI=1S/C13H18F3NO3/c1-8(2)12(19)17-7-11(18)20-10-5-3-9(4-6-10)13(14,15)16/h9-10H,1,3-7H2,2H3,(H,17,19). The maximum atomic E-state index is 12.5. The Labute approximate surface area is 115 Å². The van der Waals surface area contributed by atoms with Crippen molar-refractivity contribution in [1.82, 2.24) is 5.32 Å². The summed E-state index contributed by atoms with van der Waals surface area (Å²) in [6.07, 6.45) is -4.33. The van der Waals surface area contributed by atoms with Gasteiger partial charge >= 0.3 is 12.1 Å². The van der Waals surface area contributed by atoms with Gasteiger partial charge in [-0.25, -0.2) is 0 Å². The Balaban J connectivity index is 2.28. The van der Waals surface area contributed by atoms with Gasteiger partial charge < -0.3 is 10.1 Å². The summed E-state index contributed by atoms with van der Waals surface area (Å²) in [5.41, 5.74) is 0.267. The van der Waals surface area contributed by atoms with Crippen molar-refractivity contribution in [1.29, 1.82) is 0 Å². The van der Waals surface area contributed by atoms with Crippen molar-refractivity contribution in [3.8, 4) is 0 Å². The number of nitrogens with one attached hydrogen (secondary N) is 1. The highest BCUT2D eigenvalue weighted by atomic mass is 19.4. The van der Waals surface area contributed by atoms with Crippen LogP contribution in [0.5, 0.6) is 0 Å². The Hall–Kier alpha value is -1.53. The second-order valence-electron chi connectivity index (χ2n) is 4.97. The highest BCUT2D eigenvalue weighted by Gasteiger charge is 2.41. The van der Waals surface area contributed by atoms with Crippen molar-refractivity contribution >= 4 is 11.9 Å². The molecule has 0 aromatic heterocycles. The minimum absolute atomic E-state index is 0.0282. The van der Waals surface area contributed by atoms with Gasteiger partial charge in [-0.05, 0) is 32.6 Å². The number of rotatable bonds is 4. The molecule has 7 heteroatoms. The van der Waals surface area contributed by atoms with E-state index in [-0.39, 0.29) is 37.8 Å². The van der Waals surface area contributed by atoms with Crippen molar-refractivity contribution < 1.29 is 27.5 Å². The zero-order chi connectivity index (χ0) is 15.3. The molecule has 1 amide bonds. The van der Waals surface area contributed by atoms with Crippen LogP contribution in [-0.4, -0.2) is 30.7 Å². The first-order valence-corrected chi connectivity index (χ1v) is 6.40. The Kier molecular flexibility index (Phi) is 5.59. The summed E-state index contributed by atoms with van der Waals surface area (Å²) >= 11 is 0. The number of carbonyl (C=O) groups excluding carboxylic acids is 2. The number of amides is 1. The molecular weight excluding hydrogens is 275 g/mol. The Morgan fingerprint density at radius 2 is 1.80 bits per heavy atom. The molecule has 4 nitrogen and oxygen atoms in total. The van der Waals surface area contributed by atoms with E-state index < -0.39 is 30.1 Å². The summed E-state index contributed by atoms with van der Waals surface area (Å²) in [5.74, 6) is -2.40. The topological polar surface area (TPSA) is 55.4 Å². The summed E-state index contributed by atoms with van der Waals surface area (Å²) in [6.45, 7) is 4.61. The first-order valence-electron chi connectivity index (χ1n) is 6.40. The molecule has 0 bridgehead atoms. The highest BCUT2D eigenvalue weighted by Crippen LogP contribution is 2.38. The molecular formula is C13H18F3NO3. The first-order chi connectivity index (χ1) is 9.20. The Morgan fingerprint density at radius 1 is 1.25 bits per heavy atom. The van der Waals surface area contributed by atoms with Gasteiger partial charge in [0.25, 0.3) is 0 Å². The average molecular weight is 293 g/mol. The molecule has 1 aliphatic carbocycles. The molecule has 1 rings (SSSR count). The van der Waals surface area contributed by atoms with Crippen LogP contribution in [0.2, 0.25) is 0 Å². The number of ether oxygens (including phenoxy) is 1. The summed E-state index contributed by atoms with van der Waals surface area (Å²) in [5, 5.41) is 2.31. The minimum Gasteiger partial charge on any atom is -0.461 e. The van der Waals surface area contributed by atoms with Crippen molar-refractivity contribution in [2.45, 2.75) is 44.9 Å². The smallest absolute Gasteiger partial charge is 0.391 e. The van der Waals surface area contributed by atoms with Gasteiger partial charge in [-0.3, -0.25) is 9.59 Å². The van der Waals surface area contributed by atoms with Crippen LogP contribution >= 0.6 is 0 Å².